The van der Waals surface area contributed by atoms with Crippen molar-refractivity contribution < 1.29 is 9.53 Å². The van der Waals surface area contributed by atoms with Gasteiger partial charge in [-0.05, 0) is 40.2 Å². The van der Waals surface area contributed by atoms with Gasteiger partial charge in [0.25, 0.3) is 5.91 Å². The van der Waals surface area contributed by atoms with Gasteiger partial charge < -0.3 is 10.1 Å². The van der Waals surface area contributed by atoms with Gasteiger partial charge in [-0.1, -0.05) is 34.1 Å². The van der Waals surface area contributed by atoms with Gasteiger partial charge in [-0.3, -0.25) is 4.79 Å². The number of rotatable bonds is 2. The van der Waals surface area contributed by atoms with E-state index >= 15 is 0 Å². The molecular weight excluding hydrogens is 398 g/mol. The molecule has 0 radical (unpaired) electrons. The zero-order valence-electron chi connectivity index (χ0n) is 11.1. The lowest BCUT2D eigenvalue weighted by Gasteiger charge is -2.09. The summed E-state index contributed by atoms with van der Waals surface area (Å²) in [5.74, 6) is 0.595. The van der Waals surface area contributed by atoms with Crippen molar-refractivity contribution in [2.45, 2.75) is 0 Å². The van der Waals surface area contributed by atoms with Crippen molar-refractivity contribution in [1.29, 1.82) is 0 Å². The summed E-state index contributed by atoms with van der Waals surface area (Å²) in [5.41, 5.74) is 3.21. The van der Waals surface area contributed by atoms with Gasteiger partial charge in [0.2, 0.25) is 0 Å². The molecule has 0 unspecified atom stereocenters. The molecule has 106 valence electrons. The van der Waals surface area contributed by atoms with Crippen LogP contribution in [0.25, 0.3) is 11.6 Å². The molecule has 5 heteroatoms. The lowest BCUT2D eigenvalue weighted by atomic mass is 10.0. The molecule has 1 heterocycles. The minimum Gasteiger partial charge on any atom is -0.495 e. The summed E-state index contributed by atoms with van der Waals surface area (Å²) in [6.07, 6.45) is 1.84. The number of nitrogens with one attached hydrogen (secondary N) is 1. The van der Waals surface area contributed by atoms with E-state index < -0.39 is 0 Å². The van der Waals surface area contributed by atoms with Crippen LogP contribution in [0.1, 0.15) is 11.1 Å². The van der Waals surface area contributed by atoms with Crippen molar-refractivity contribution in [3.8, 4) is 5.75 Å². The number of methoxy groups -OCH3 is 1. The van der Waals surface area contributed by atoms with Gasteiger partial charge in [0.05, 0.1) is 11.6 Å². The monoisotopic (exact) mass is 407 g/mol. The van der Waals surface area contributed by atoms with Crippen molar-refractivity contribution >= 4 is 55.1 Å². The maximum absolute atomic E-state index is 12.2. The Labute approximate surface area is 139 Å². The molecule has 21 heavy (non-hydrogen) atoms. The smallest absolute Gasteiger partial charge is 0.256 e. The van der Waals surface area contributed by atoms with Crippen molar-refractivity contribution in [3.63, 3.8) is 0 Å². The Kier molecular flexibility index (Phi) is 3.87. The predicted molar refractivity (Wildman–Crippen MR) is 91.3 cm³/mol. The molecule has 3 rings (SSSR count). The van der Waals surface area contributed by atoms with Gasteiger partial charge in [0.1, 0.15) is 5.75 Å². The molecule has 2 aromatic carbocycles. The highest BCUT2D eigenvalue weighted by molar-refractivity contribution is 9.11. The number of ether oxygens (including phenoxy) is 1. The van der Waals surface area contributed by atoms with E-state index in [1.54, 1.807) is 7.11 Å². The second-order valence-electron chi connectivity index (χ2n) is 4.57. The molecule has 0 spiro atoms. The molecule has 0 saturated heterocycles. The summed E-state index contributed by atoms with van der Waals surface area (Å²) < 4.78 is 7.16. The topological polar surface area (TPSA) is 38.3 Å². The number of anilines is 1. The lowest BCUT2D eigenvalue weighted by molar-refractivity contribution is -0.110. The fraction of sp³-hybridized carbons (Fsp3) is 0.0625. The van der Waals surface area contributed by atoms with Crippen LogP contribution in [-0.4, -0.2) is 13.0 Å². The summed E-state index contributed by atoms with van der Waals surface area (Å²) in [4.78, 5) is 12.2. The standard InChI is InChI=1S/C16H11Br2NO2/c1-21-15-9(6-10(17)8-13(15)18)7-12-11-4-2-3-5-14(11)19-16(12)20/h2-8H,1H3,(H,19,20)/b12-7-. The van der Waals surface area contributed by atoms with E-state index in [2.05, 4.69) is 37.2 Å². The van der Waals surface area contributed by atoms with Crippen LogP contribution in [0, 0.1) is 0 Å². The summed E-state index contributed by atoms with van der Waals surface area (Å²) in [6.45, 7) is 0. The number of amides is 1. The number of carbonyl (C=O) groups is 1. The number of hydrogen-bond donors (Lipinski definition) is 1. The molecule has 0 aromatic heterocycles. The highest BCUT2D eigenvalue weighted by Crippen LogP contribution is 2.38. The average Bonchev–Trinajstić information content (AvgIpc) is 2.75. The SMILES string of the molecule is COc1c(Br)cc(Br)cc1/C=C1\C(=O)Nc2ccccc21. The van der Waals surface area contributed by atoms with Crippen LogP contribution in [0.5, 0.6) is 5.75 Å². The highest BCUT2D eigenvalue weighted by atomic mass is 79.9. The maximum Gasteiger partial charge on any atom is 0.256 e. The Balaban J connectivity index is 2.17. The summed E-state index contributed by atoms with van der Waals surface area (Å²) in [6, 6.07) is 11.5. The van der Waals surface area contributed by atoms with Gasteiger partial charge in [-0.25, -0.2) is 0 Å². The molecule has 0 saturated carbocycles. The molecule has 0 aliphatic carbocycles. The van der Waals surface area contributed by atoms with E-state index in [-0.39, 0.29) is 5.91 Å². The molecular formula is C16H11Br2NO2. The van der Waals surface area contributed by atoms with Crippen LogP contribution >= 0.6 is 31.9 Å². The number of halogens is 2. The molecule has 1 N–H and O–H groups in total. The first-order chi connectivity index (χ1) is 10.1. The van der Waals surface area contributed by atoms with Crippen LogP contribution in [-0.2, 0) is 4.79 Å². The molecule has 2 aromatic rings. The summed E-state index contributed by atoms with van der Waals surface area (Å²) >= 11 is 6.93. The first kappa shape index (κ1) is 14.4. The quantitative estimate of drug-likeness (QED) is 0.730. The molecule has 0 bridgehead atoms. The zero-order chi connectivity index (χ0) is 15.0. The van der Waals surface area contributed by atoms with Crippen molar-refractivity contribution in [1.82, 2.24) is 0 Å². The number of fused-ring (bicyclic) bond motifs is 1. The van der Waals surface area contributed by atoms with E-state index in [1.165, 1.54) is 0 Å². The van der Waals surface area contributed by atoms with Crippen molar-refractivity contribution in [3.05, 3.63) is 56.5 Å². The first-order valence-electron chi connectivity index (χ1n) is 6.25. The fourth-order valence-electron chi connectivity index (χ4n) is 2.34. The van der Waals surface area contributed by atoms with Crippen molar-refractivity contribution in [2.24, 2.45) is 0 Å². The molecule has 1 aliphatic heterocycles. The third kappa shape index (κ3) is 2.63. The van der Waals surface area contributed by atoms with E-state index in [9.17, 15) is 4.79 Å². The van der Waals surface area contributed by atoms with Gasteiger partial charge in [-0.15, -0.1) is 0 Å². The van der Waals surface area contributed by atoms with E-state index in [1.807, 2.05) is 42.5 Å². The fourth-order valence-corrected chi connectivity index (χ4v) is 3.76. The van der Waals surface area contributed by atoms with Gasteiger partial charge in [-0.2, -0.15) is 0 Å². The summed E-state index contributed by atoms with van der Waals surface area (Å²) in [7, 11) is 1.61. The molecule has 0 atom stereocenters. The number of para-hydroxylation sites is 1. The van der Waals surface area contributed by atoms with Gasteiger partial charge in [0, 0.05) is 26.9 Å². The van der Waals surface area contributed by atoms with Crippen LogP contribution in [0.15, 0.2) is 45.3 Å². The molecule has 0 fully saturated rings. The number of benzene rings is 2. The minimum atomic E-state index is -0.102. The van der Waals surface area contributed by atoms with Crippen LogP contribution in [0.2, 0.25) is 0 Å². The third-order valence-corrected chi connectivity index (χ3v) is 4.30. The Hall–Kier alpha value is -1.59. The lowest BCUT2D eigenvalue weighted by Crippen LogP contribution is -2.03. The Morgan fingerprint density at radius 1 is 1.19 bits per heavy atom. The average molecular weight is 409 g/mol. The van der Waals surface area contributed by atoms with Gasteiger partial charge >= 0.3 is 0 Å². The number of carbonyl (C=O) groups excluding carboxylic acids is 1. The number of hydrogen-bond acceptors (Lipinski definition) is 2. The Morgan fingerprint density at radius 3 is 2.71 bits per heavy atom. The molecule has 1 amide bonds. The van der Waals surface area contributed by atoms with E-state index in [4.69, 9.17) is 4.74 Å². The second kappa shape index (κ2) is 5.66. The Morgan fingerprint density at radius 2 is 1.95 bits per heavy atom. The summed E-state index contributed by atoms with van der Waals surface area (Å²) in [5, 5.41) is 2.86. The van der Waals surface area contributed by atoms with Crippen LogP contribution in [0.3, 0.4) is 0 Å². The third-order valence-electron chi connectivity index (χ3n) is 3.25. The van der Waals surface area contributed by atoms with Crippen molar-refractivity contribution in [2.75, 3.05) is 12.4 Å². The Bertz CT molecular complexity index is 769. The largest absolute Gasteiger partial charge is 0.495 e. The van der Waals surface area contributed by atoms with Gasteiger partial charge in [0.15, 0.2) is 0 Å². The van der Waals surface area contributed by atoms with Crippen LogP contribution in [0.4, 0.5) is 5.69 Å². The first-order valence-corrected chi connectivity index (χ1v) is 7.84. The molecule has 3 nitrogen and oxygen atoms in total. The second-order valence-corrected chi connectivity index (χ2v) is 6.34. The molecule has 1 aliphatic rings. The van der Waals surface area contributed by atoms with E-state index in [0.29, 0.717) is 11.3 Å². The normalized spacial score (nSPS) is 15.0. The maximum atomic E-state index is 12.2. The highest BCUT2D eigenvalue weighted by Gasteiger charge is 2.24. The predicted octanol–water partition coefficient (Wildman–Crippen LogP) is 4.71. The zero-order valence-corrected chi connectivity index (χ0v) is 14.3. The van der Waals surface area contributed by atoms with Crippen LogP contribution < -0.4 is 10.1 Å². The minimum absolute atomic E-state index is 0.102. The van der Waals surface area contributed by atoms with E-state index in [0.717, 1.165) is 25.8 Å².